The molecule has 0 aromatic heterocycles. The van der Waals surface area contributed by atoms with E-state index in [-0.39, 0.29) is 5.54 Å². The van der Waals surface area contributed by atoms with Crippen LogP contribution in [0.4, 0.5) is 0 Å². The molecule has 1 atom stereocenters. The molecule has 0 amide bonds. The number of piperidine rings is 1. The van der Waals surface area contributed by atoms with Gasteiger partial charge in [0.05, 0.1) is 7.11 Å². The summed E-state index contributed by atoms with van der Waals surface area (Å²) in [7, 11) is 1.73. The van der Waals surface area contributed by atoms with Crippen molar-refractivity contribution in [1.29, 1.82) is 0 Å². The average molecular weight is 248 g/mol. The molecule has 0 spiro atoms. The minimum Gasteiger partial charge on any atom is -0.496 e. The molecule has 2 rings (SSSR count). The number of nitrogens with zero attached hydrogens (tertiary/aromatic N) is 1. The van der Waals surface area contributed by atoms with Crippen LogP contribution in [0.15, 0.2) is 24.3 Å². The fourth-order valence-corrected chi connectivity index (χ4v) is 2.64. The number of methoxy groups -OCH3 is 1. The van der Waals surface area contributed by atoms with Crippen LogP contribution in [0.3, 0.4) is 0 Å². The number of hydrogen-bond donors (Lipinski definition) is 1. The average Bonchev–Trinajstić information content (AvgIpc) is 2.35. The lowest BCUT2D eigenvalue weighted by molar-refractivity contribution is 0.0579. The minimum atomic E-state index is 0.219. The smallest absolute Gasteiger partial charge is 0.123 e. The molecule has 0 radical (unpaired) electrons. The third-order valence-electron chi connectivity index (χ3n) is 3.99. The fourth-order valence-electron chi connectivity index (χ4n) is 2.64. The lowest BCUT2D eigenvalue weighted by atomic mass is 9.88. The van der Waals surface area contributed by atoms with Gasteiger partial charge < -0.3 is 10.5 Å². The molecule has 1 saturated heterocycles. The lowest BCUT2D eigenvalue weighted by Crippen LogP contribution is -2.53. The highest BCUT2D eigenvalue weighted by atomic mass is 16.5. The summed E-state index contributed by atoms with van der Waals surface area (Å²) in [6, 6.07) is 8.53. The molecule has 3 nitrogen and oxygen atoms in total. The summed E-state index contributed by atoms with van der Waals surface area (Å²) >= 11 is 0. The van der Waals surface area contributed by atoms with Crippen molar-refractivity contribution >= 4 is 0 Å². The predicted molar refractivity (Wildman–Crippen MR) is 74.7 cm³/mol. The first-order valence-electron chi connectivity index (χ1n) is 6.65. The van der Waals surface area contributed by atoms with Crippen molar-refractivity contribution in [3.8, 4) is 5.75 Å². The van der Waals surface area contributed by atoms with Gasteiger partial charge in [-0.3, -0.25) is 4.90 Å². The summed E-state index contributed by atoms with van der Waals surface area (Å²) in [6.07, 6.45) is 2.28. The van der Waals surface area contributed by atoms with Gasteiger partial charge in [-0.25, -0.2) is 0 Å². The zero-order chi connectivity index (χ0) is 13.2. The first-order chi connectivity index (χ1) is 8.53. The van der Waals surface area contributed by atoms with Crippen LogP contribution in [-0.4, -0.2) is 30.1 Å². The van der Waals surface area contributed by atoms with Crippen molar-refractivity contribution in [2.75, 3.05) is 13.7 Å². The Balaban J connectivity index is 2.16. The second-order valence-corrected chi connectivity index (χ2v) is 5.80. The van der Waals surface area contributed by atoms with E-state index in [0.29, 0.717) is 6.04 Å². The highest BCUT2D eigenvalue weighted by Gasteiger charge is 2.33. The Labute approximate surface area is 110 Å². The summed E-state index contributed by atoms with van der Waals surface area (Å²) in [5.74, 6) is 0.965. The van der Waals surface area contributed by atoms with Crippen LogP contribution in [-0.2, 0) is 6.54 Å². The number of ether oxygens (including phenoxy) is 1. The zero-order valence-electron chi connectivity index (χ0n) is 11.6. The molecule has 1 aromatic carbocycles. The molecule has 18 heavy (non-hydrogen) atoms. The van der Waals surface area contributed by atoms with Crippen molar-refractivity contribution < 1.29 is 4.74 Å². The molecule has 0 bridgehead atoms. The molecule has 1 fully saturated rings. The Morgan fingerprint density at radius 3 is 2.83 bits per heavy atom. The van der Waals surface area contributed by atoms with Gasteiger partial charge in [-0.2, -0.15) is 0 Å². The van der Waals surface area contributed by atoms with Gasteiger partial charge in [0.1, 0.15) is 5.75 Å². The van der Waals surface area contributed by atoms with Gasteiger partial charge in [-0.15, -0.1) is 0 Å². The van der Waals surface area contributed by atoms with Gasteiger partial charge in [0.25, 0.3) is 0 Å². The Morgan fingerprint density at radius 2 is 2.11 bits per heavy atom. The number of rotatable bonds is 3. The van der Waals surface area contributed by atoms with Crippen molar-refractivity contribution in [3.63, 3.8) is 0 Å². The molecule has 3 heteroatoms. The second kappa shape index (κ2) is 5.29. The predicted octanol–water partition coefficient (Wildman–Crippen LogP) is 2.40. The van der Waals surface area contributed by atoms with Crippen LogP contribution in [0.5, 0.6) is 5.75 Å². The molecule has 1 heterocycles. The molecule has 0 saturated carbocycles. The van der Waals surface area contributed by atoms with E-state index in [1.54, 1.807) is 7.11 Å². The number of hydrogen-bond acceptors (Lipinski definition) is 3. The fraction of sp³-hybridized carbons (Fsp3) is 0.600. The van der Waals surface area contributed by atoms with Crippen LogP contribution < -0.4 is 10.5 Å². The van der Waals surface area contributed by atoms with E-state index in [1.807, 2.05) is 12.1 Å². The number of para-hydroxylation sites is 1. The van der Waals surface area contributed by atoms with Gasteiger partial charge in [0.15, 0.2) is 0 Å². The van der Waals surface area contributed by atoms with Gasteiger partial charge in [-0.1, -0.05) is 18.2 Å². The van der Waals surface area contributed by atoms with Gasteiger partial charge in [-0.05, 0) is 32.8 Å². The molecule has 0 aliphatic carbocycles. The third kappa shape index (κ3) is 2.85. The van der Waals surface area contributed by atoms with Crippen LogP contribution in [0, 0.1) is 0 Å². The molecular weight excluding hydrogens is 224 g/mol. The van der Waals surface area contributed by atoms with E-state index in [4.69, 9.17) is 10.5 Å². The van der Waals surface area contributed by atoms with Crippen molar-refractivity contribution in [1.82, 2.24) is 4.90 Å². The topological polar surface area (TPSA) is 38.5 Å². The summed E-state index contributed by atoms with van der Waals surface area (Å²) in [4.78, 5) is 2.47. The molecular formula is C15H24N2O. The summed E-state index contributed by atoms with van der Waals surface area (Å²) in [5, 5.41) is 0. The largest absolute Gasteiger partial charge is 0.496 e. The van der Waals surface area contributed by atoms with E-state index < -0.39 is 0 Å². The quantitative estimate of drug-likeness (QED) is 0.892. The Kier molecular flexibility index (Phi) is 3.93. The van der Waals surface area contributed by atoms with E-state index >= 15 is 0 Å². The molecule has 2 N–H and O–H groups in total. The Morgan fingerprint density at radius 1 is 1.39 bits per heavy atom. The summed E-state index contributed by atoms with van der Waals surface area (Å²) in [6.45, 7) is 6.47. The van der Waals surface area contributed by atoms with E-state index in [0.717, 1.165) is 31.7 Å². The number of likely N-dealkylation sites (tertiary alicyclic amines) is 1. The lowest BCUT2D eigenvalue weighted by Gasteiger charge is -2.45. The Bertz CT molecular complexity index is 403. The van der Waals surface area contributed by atoms with Gasteiger partial charge >= 0.3 is 0 Å². The third-order valence-corrected chi connectivity index (χ3v) is 3.99. The molecule has 1 aliphatic rings. The SMILES string of the molecule is COc1ccccc1CN1CC(N)CCC1(C)C. The van der Waals surface area contributed by atoms with Crippen LogP contribution >= 0.6 is 0 Å². The van der Waals surface area contributed by atoms with E-state index in [9.17, 15) is 0 Å². The maximum absolute atomic E-state index is 6.10. The molecule has 100 valence electrons. The highest BCUT2D eigenvalue weighted by molar-refractivity contribution is 5.33. The molecule has 1 unspecified atom stereocenters. The second-order valence-electron chi connectivity index (χ2n) is 5.80. The van der Waals surface area contributed by atoms with E-state index in [1.165, 1.54) is 5.56 Å². The normalized spacial score (nSPS) is 23.9. The number of benzene rings is 1. The summed E-state index contributed by atoms with van der Waals surface area (Å²) in [5.41, 5.74) is 7.55. The van der Waals surface area contributed by atoms with Crippen molar-refractivity contribution in [2.24, 2.45) is 5.73 Å². The molecule has 1 aromatic rings. The Hall–Kier alpha value is -1.06. The molecule has 1 aliphatic heterocycles. The first-order valence-corrected chi connectivity index (χ1v) is 6.65. The van der Waals surface area contributed by atoms with Gasteiger partial charge in [0.2, 0.25) is 0 Å². The maximum Gasteiger partial charge on any atom is 0.123 e. The number of nitrogens with two attached hydrogens (primary N) is 1. The summed E-state index contributed by atoms with van der Waals surface area (Å²) < 4.78 is 5.42. The van der Waals surface area contributed by atoms with Crippen molar-refractivity contribution in [2.45, 2.75) is 44.8 Å². The minimum absolute atomic E-state index is 0.219. The van der Waals surface area contributed by atoms with Crippen molar-refractivity contribution in [3.05, 3.63) is 29.8 Å². The highest BCUT2D eigenvalue weighted by Crippen LogP contribution is 2.30. The first kappa shape index (κ1) is 13.4. The van der Waals surface area contributed by atoms with Crippen LogP contribution in [0.1, 0.15) is 32.3 Å². The van der Waals surface area contributed by atoms with Crippen LogP contribution in [0.2, 0.25) is 0 Å². The monoisotopic (exact) mass is 248 g/mol. The standard InChI is InChI=1S/C15H24N2O/c1-15(2)9-8-13(16)11-17(15)10-12-6-4-5-7-14(12)18-3/h4-7,13H,8-11,16H2,1-3H3. The van der Waals surface area contributed by atoms with E-state index in [2.05, 4.69) is 30.9 Å². The zero-order valence-corrected chi connectivity index (χ0v) is 11.6. The van der Waals surface area contributed by atoms with Gasteiger partial charge in [0, 0.05) is 30.2 Å². The van der Waals surface area contributed by atoms with Crippen LogP contribution in [0.25, 0.3) is 0 Å². The maximum atomic E-state index is 6.10.